The number of hydrogen-bond acceptors (Lipinski definition) is 7. The van der Waals surface area contributed by atoms with Gasteiger partial charge in [0.25, 0.3) is 0 Å². The van der Waals surface area contributed by atoms with Crippen molar-refractivity contribution in [2.75, 3.05) is 6.61 Å². The molecule has 1 N–H and O–H groups in total. The lowest BCUT2D eigenvalue weighted by Gasteiger charge is -2.06. The van der Waals surface area contributed by atoms with Gasteiger partial charge in [-0.3, -0.25) is 4.98 Å². The number of thiophene rings is 1. The molecule has 0 saturated carbocycles. The smallest absolute Gasteiger partial charge is 0.348 e. The van der Waals surface area contributed by atoms with Gasteiger partial charge in [0, 0.05) is 17.8 Å². The van der Waals surface area contributed by atoms with E-state index in [0.29, 0.717) is 26.4 Å². The zero-order chi connectivity index (χ0) is 18.7. The van der Waals surface area contributed by atoms with Crippen molar-refractivity contribution < 1.29 is 17.9 Å². The number of aryl methyl sites for hydroxylation is 1. The molecule has 0 atom stereocenters. The molecule has 0 spiro atoms. The normalized spacial score (nSPS) is 11.6. The number of aromatic nitrogens is 2. The summed E-state index contributed by atoms with van der Waals surface area (Å²) in [6, 6.07) is 6.81. The maximum atomic E-state index is 12.5. The van der Waals surface area contributed by atoms with E-state index < -0.39 is 16.0 Å². The monoisotopic (exact) mass is 391 g/mol. The van der Waals surface area contributed by atoms with E-state index in [4.69, 9.17) is 4.74 Å². The van der Waals surface area contributed by atoms with E-state index in [1.165, 1.54) is 23.6 Å². The van der Waals surface area contributed by atoms with Crippen molar-refractivity contribution in [1.82, 2.24) is 14.7 Å². The van der Waals surface area contributed by atoms with Crippen LogP contribution in [0.3, 0.4) is 0 Å². The number of fused-ring (bicyclic) bond motifs is 1. The number of nitrogens with zero attached hydrogens (tertiary/aromatic N) is 2. The Morgan fingerprint density at radius 3 is 2.81 bits per heavy atom. The molecule has 26 heavy (non-hydrogen) atoms. The van der Waals surface area contributed by atoms with Crippen LogP contribution in [0.1, 0.15) is 27.9 Å². The van der Waals surface area contributed by atoms with Gasteiger partial charge in [-0.15, -0.1) is 11.3 Å². The van der Waals surface area contributed by atoms with Crippen LogP contribution in [0.25, 0.3) is 10.2 Å². The summed E-state index contributed by atoms with van der Waals surface area (Å²) in [6.07, 6.45) is 2.89. The number of carbonyl (C=O) groups is 1. The fraction of sp³-hybridized carbons (Fsp3) is 0.235. The van der Waals surface area contributed by atoms with Crippen molar-refractivity contribution in [3.63, 3.8) is 0 Å². The van der Waals surface area contributed by atoms with Crippen LogP contribution in [-0.2, 0) is 21.3 Å². The van der Waals surface area contributed by atoms with Crippen molar-refractivity contribution in [2.24, 2.45) is 0 Å². The van der Waals surface area contributed by atoms with Gasteiger partial charge < -0.3 is 4.74 Å². The first-order valence-corrected chi connectivity index (χ1v) is 10.2. The second kappa shape index (κ2) is 7.48. The van der Waals surface area contributed by atoms with Crippen LogP contribution in [0, 0.1) is 6.92 Å². The van der Waals surface area contributed by atoms with Crippen molar-refractivity contribution in [3.05, 3.63) is 52.8 Å². The van der Waals surface area contributed by atoms with E-state index in [9.17, 15) is 13.2 Å². The molecule has 0 aliphatic heterocycles. The van der Waals surface area contributed by atoms with Gasteiger partial charge in [-0.05, 0) is 37.6 Å². The molecule has 0 aliphatic carbocycles. The molecule has 3 aromatic heterocycles. The SMILES string of the molecule is CCOC(=O)c1sc2ncc(S(=O)(=O)NCc3ccccn3)cc2c1C. The number of esters is 1. The first-order chi connectivity index (χ1) is 12.4. The lowest BCUT2D eigenvalue weighted by molar-refractivity contribution is 0.0531. The highest BCUT2D eigenvalue weighted by Gasteiger charge is 2.21. The van der Waals surface area contributed by atoms with Gasteiger partial charge >= 0.3 is 5.97 Å². The molecule has 7 nitrogen and oxygen atoms in total. The third-order valence-electron chi connectivity index (χ3n) is 3.71. The first kappa shape index (κ1) is 18.4. The molecule has 9 heteroatoms. The van der Waals surface area contributed by atoms with E-state index in [0.717, 1.165) is 0 Å². The Bertz CT molecular complexity index is 1050. The second-order valence-electron chi connectivity index (χ2n) is 5.45. The van der Waals surface area contributed by atoms with Crippen molar-refractivity contribution in [2.45, 2.75) is 25.3 Å². The Hall–Kier alpha value is -2.36. The van der Waals surface area contributed by atoms with Crippen LogP contribution < -0.4 is 4.72 Å². The number of ether oxygens (including phenoxy) is 1. The Labute approximate surface area is 155 Å². The van der Waals surface area contributed by atoms with Gasteiger partial charge in [0.1, 0.15) is 14.6 Å². The summed E-state index contributed by atoms with van der Waals surface area (Å²) in [5, 5.41) is 0.624. The Kier molecular flexibility index (Phi) is 5.30. The highest BCUT2D eigenvalue weighted by molar-refractivity contribution is 7.89. The number of rotatable bonds is 6. The molecule has 0 aromatic carbocycles. The fourth-order valence-electron chi connectivity index (χ4n) is 2.37. The van der Waals surface area contributed by atoms with Crippen molar-refractivity contribution in [3.8, 4) is 0 Å². The Morgan fingerprint density at radius 2 is 2.12 bits per heavy atom. The molecule has 0 amide bonds. The average molecular weight is 391 g/mol. The van der Waals surface area contributed by atoms with Crippen molar-refractivity contribution >= 4 is 37.5 Å². The second-order valence-corrected chi connectivity index (χ2v) is 8.21. The van der Waals surface area contributed by atoms with Crippen LogP contribution in [0.5, 0.6) is 0 Å². The first-order valence-electron chi connectivity index (χ1n) is 7.88. The predicted octanol–water partition coefficient (Wildman–Crippen LogP) is 2.65. The molecular weight excluding hydrogens is 374 g/mol. The molecule has 3 rings (SSSR count). The van der Waals surface area contributed by atoms with E-state index in [1.54, 1.807) is 38.2 Å². The quantitative estimate of drug-likeness (QED) is 0.649. The number of pyridine rings is 2. The lowest BCUT2D eigenvalue weighted by Crippen LogP contribution is -2.23. The van der Waals surface area contributed by atoms with Gasteiger partial charge in [0.05, 0.1) is 18.8 Å². The van der Waals surface area contributed by atoms with E-state index in [-0.39, 0.29) is 18.0 Å². The standard InChI is InChI=1S/C17H17N3O4S2/c1-3-24-17(21)15-11(2)14-8-13(10-19-16(14)25-15)26(22,23)20-9-12-6-4-5-7-18-12/h4-8,10,20H,3,9H2,1-2H3. The number of carbonyl (C=O) groups excluding carboxylic acids is 1. The minimum Gasteiger partial charge on any atom is -0.462 e. The summed E-state index contributed by atoms with van der Waals surface area (Å²) in [5.41, 5.74) is 1.28. The number of hydrogen-bond donors (Lipinski definition) is 1. The van der Waals surface area contributed by atoms with Gasteiger partial charge in [-0.2, -0.15) is 0 Å². The molecule has 136 valence electrons. The van der Waals surface area contributed by atoms with E-state index >= 15 is 0 Å². The van der Waals surface area contributed by atoms with Crippen LogP contribution >= 0.6 is 11.3 Å². The fourth-order valence-corrected chi connectivity index (χ4v) is 4.37. The molecule has 0 unspecified atom stereocenters. The molecule has 0 radical (unpaired) electrons. The third-order valence-corrected chi connectivity index (χ3v) is 6.27. The molecule has 3 heterocycles. The summed E-state index contributed by atoms with van der Waals surface area (Å²) in [4.78, 5) is 21.4. The molecule has 0 bridgehead atoms. The maximum Gasteiger partial charge on any atom is 0.348 e. The summed E-state index contributed by atoms with van der Waals surface area (Å²) in [7, 11) is -3.75. The Morgan fingerprint density at radius 1 is 1.31 bits per heavy atom. The minimum atomic E-state index is -3.75. The Balaban J connectivity index is 1.90. The van der Waals surface area contributed by atoms with Crippen molar-refractivity contribution in [1.29, 1.82) is 0 Å². The third kappa shape index (κ3) is 3.74. The van der Waals surface area contributed by atoms with Crippen LogP contribution in [0.4, 0.5) is 0 Å². The minimum absolute atomic E-state index is 0.0391. The predicted molar refractivity (Wildman–Crippen MR) is 98.6 cm³/mol. The molecule has 3 aromatic rings. The van der Waals surface area contributed by atoms with Gasteiger partial charge in [0.15, 0.2) is 0 Å². The van der Waals surface area contributed by atoms with Crippen LogP contribution in [0.15, 0.2) is 41.6 Å². The molecule has 0 aliphatic rings. The summed E-state index contributed by atoms with van der Waals surface area (Å²) in [6.45, 7) is 3.84. The summed E-state index contributed by atoms with van der Waals surface area (Å²) < 4.78 is 32.6. The largest absolute Gasteiger partial charge is 0.462 e. The highest BCUT2D eigenvalue weighted by Crippen LogP contribution is 2.31. The molecule has 0 saturated heterocycles. The van der Waals surface area contributed by atoms with Crippen LogP contribution in [-0.4, -0.2) is 31.0 Å². The summed E-state index contributed by atoms with van der Waals surface area (Å²) >= 11 is 1.19. The molecular formula is C17H17N3O4S2. The van der Waals surface area contributed by atoms with Gasteiger partial charge in [-0.25, -0.2) is 22.9 Å². The number of sulfonamides is 1. The zero-order valence-electron chi connectivity index (χ0n) is 14.2. The van der Waals surface area contributed by atoms with Gasteiger partial charge in [0.2, 0.25) is 10.0 Å². The van der Waals surface area contributed by atoms with E-state index in [2.05, 4.69) is 14.7 Å². The average Bonchev–Trinajstić information content (AvgIpc) is 2.98. The highest BCUT2D eigenvalue weighted by atomic mass is 32.2. The van der Waals surface area contributed by atoms with Gasteiger partial charge in [-0.1, -0.05) is 6.07 Å². The number of nitrogens with one attached hydrogen (secondary N) is 1. The topological polar surface area (TPSA) is 98.2 Å². The molecule has 0 fully saturated rings. The van der Waals surface area contributed by atoms with E-state index in [1.807, 2.05) is 0 Å². The van der Waals surface area contributed by atoms with Crippen LogP contribution in [0.2, 0.25) is 0 Å². The lowest BCUT2D eigenvalue weighted by atomic mass is 10.2. The maximum absolute atomic E-state index is 12.5. The zero-order valence-corrected chi connectivity index (χ0v) is 15.9. The summed E-state index contributed by atoms with van der Waals surface area (Å²) in [5.74, 6) is -0.425.